The molecule has 0 heterocycles. The lowest BCUT2D eigenvalue weighted by molar-refractivity contribution is 0.116. The second-order valence-corrected chi connectivity index (χ2v) is 5.28. The Morgan fingerprint density at radius 2 is 1.79 bits per heavy atom. The molecule has 1 saturated carbocycles. The van der Waals surface area contributed by atoms with Crippen molar-refractivity contribution in [2.75, 3.05) is 13.1 Å². The van der Waals surface area contributed by atoms with Crippen LogP contribution in [-0.2, 0) is 0 Å². The summed E-state index contributed by atoms with van der Waals surface area (Å²) in [6, 6.07) is 1.20. The van der Waals surface area contributed by atoms with Gasteiger partial charge in [-0.3, -0.25) is 4.90 Å². The van der Waals surface area contributed by atoms with E-state index in [9.17, 15) is 0 Å². The van der Waals surface area contributed by atoms with Gasteiger partial charge in [-0.05, 0) is 38.5 Å². The summed E-state index contributed by atoms with van der Waals surface area (Å²) in [6.07, 6.45) is 2.86. The minimum atomic E-state index is 0.565. The van der Waals surface area contributed by atoms with Gasteiger partial charge in [-0.25, -0.2) is 0 Å². The van der Waals surface area contributed by atoms with Crippen molar-refractivity contribution in [3.63, 3.8) is 0 Å². The van der Waals surface area contributed by atoms with E-state index < -0.39 is 0 Å². The highest BCUT2D eigenvalue weighted by Crippen LogP contribution is 2.31. The Morgan fingerprint density at radius 1 is 1.21 bits per heavy atom. The first-order chi connectivity index (χ1) is 6.56. The Bertz CT molecular complexity index is 162. The first-order valence-corrected chi connectivity index (χ1v) is 6.02. The van der Waals surface area contributed by atoms with Gasteiger partial charge in [-0.1, -0.05) is 13.8 Å². The van der Waals surface area contributed by atoms with E-state index in [4.69, 9.17) is 5.73 Å². The molecule has 2 nitrogen and oxygen atoms in total. The highest BCUT2D eigenvalue weighted by atomic mass is 15.2. The average molecular weight is 198 g/mol. The maximum Gasteiger partial charge on any atom is 0.0244 e. The molecule has 14 heavy (non-hydrogen) atoms. The molecule has 0 bridgehead atoms. The van der Waals surface area contributed by atoms with Crippen LogP contribution >= 0.6 is 0 Å². The van der Waals surface area contributed by atoms with Gasteiger partial charge >= 0.3 is 0 Å². The number of hydrogen-bond donors (Lipinski definition) is 1. The SMILES string of the molecule is CC(C)C(CN)N(CC1CC1)C(C)C. The number of nitrogens with two attached hydrogens (primary N) is 1. The van der Waals surface area contributed by atoms with Crippen molar-refractivity contribution in [1.82, 2.24) is 4.90 Å². The van der Waals surface area contributed by atoms with Crippen molar-refractivity contribution in [2.24, 2.45) is 17.6 Å². The molecular weight excluding hydrogens is 172 g/mol. The molecule has 1 rings (SSSR count). The van der Waals surface area contributed by atoms with Gasteiger partial charge < -0.3 is 5.73 Å². The van der Waals surface area contributed by atoms with Gasteiger partial charge in [0.25, 0.3) is 0 Å². The highest BCUT2D eigenvalue weighted by molar-refractivity contribution is 4.84. The van der Waals surface area contributed by atoms with Crippen LogP contribution in [0.25, 0.3) is 0 Å². The monoisotopic (exact) mass is 198 g/mol. The van der Waals surface area contributed by atoms with Crippen molar-refractivity contribution < 1.29 is 0 Å². The molecule has 1 fully saturated rings. The van der Waals surface area contributed by atoms with E-state index in [0.717, 1.165) is 12.5 Å². The fourth-order valence-electron chi connectivity index (χ4n) is 2.12. The van der Waals surface area contributed by atoms with Crippen molar-refractivity contribution >= 4 is 0 Å². The smallest absolute Gasteiger partial charge is 0.0244 e. The number of rotatable bonds is 6. The van der Waals surface area contributed by atoms with Gasteiger partial charge in [0.2, 0.25) is 0 Å². The van der Waals surface area contributed by atoms with E-state index in [1.165, 1.54) is 19.4 Å². The Kier molecular flexibility index (Phi) is 4.39. The summed E-state index contributed by atoms with van der Waals surface area (Å²) in [4.78, 5) is 2.60. The fraction of sp³-hybridized carbons (Fsp3) is 1.00. The van der Waals surface area contributed by atoms with E-state index >= 15 is 0 Å². The standard InChI is InChI=1S/C12H26N2/c1-9(2)12(7-13)14(10(3)4)8-11-5-6-11/h9-12H,5-8,13H2,1-4H3. The quantitative estimate of drug-likeness (QED) is 0.708. The fourth-order valence-corrected chi connectivity index (χ4v) is 2.12. The van der Waals surface area contributed by atoms with Gasteiger partial charge in [0.05, 0.1) is 0 Å². The summed E-state index contributed by atoms with van der Waals surface area (Å²) in [5.74, 6) is 1.63. The van der Waals surface area contributed by atoms with E-state index in [1.807, 2.05) is 0 Å². The van der Waals surface area contributed by atoms with Crippen LogP contribution in [0.5, 0.6) is 0 Å². The number of hydrogen-bond acceptors (Lipinski definition) is 2. The molecule has 0 aromatic heterocycles. The summed E-state index contributed by atoms with van der Waals surface area (Å²) in [5.41, 5.74) is 5.87. The molecule has 0 aliphatic heterocycles. The molecule has 0 amide bonds. The lowest BCUT2D eigenvalue weighted by Crippen LogP contribution is -2.48. The Labute approximate surface area is 88.8 Å². The second-order valence-electron chi connectivity index (χ2n) is 5.28. The lowest BCUT2D eigenvalue weighted by atomic mass is 10.0. The first-order valence-electron chi connectivity index (χ1n) is 6.02. The maximum absolute atomic E-state index is 5.87. The van der Waals surface area contributed by atoms with Crippen LogP contribution in [0.2, 0.25) is 0 Å². The van der Waals surface area contributed by atoms with Gasteiger partial charge in [-0.15, -0.1) is 0 Å². The molecule has 0 spiro atoms. The minimum Gasteiger partial charge on any atom is -0.329 e. The van der Waals surface area contributed by atoms with E-state index in [0.29, 0.717) is 18.0 Å². The van der Waals surface area contributed by atoms with Crippen LogP contribution in [-0.4, -0.2) is 30.1 Å². The zero-order valence-corrected chi connectivity index (χ0v) is 10.2. The molecule has 0 aromatic carbocycles. The summed E-state index contributed by atoms with van der Waals surface area (Å²) in [6.45, 7) is 11.2. The van der Waals surface area contributed by atoms with Crippen molar-refractivity contribution in [3.05, 3.63) is 0 Å². The zero-order chi connectivity index (χ0) is 10.7. The van der Waals surface area contributed by atoms with E-state index in [1.54, 1.807) is 0 Å². The van der Waals surface area contributed by atoms with Crippen LogP contribution < -0.4 is 5.73 Å². The Morgan fingerprint density at radius 3 is 2.07 bits per heavy atom. The summed E-state index contributed by atoms with van der Waals surface area (Å²) < 4.78 is 0. The summed E-state index contributed by atoms with van der Waals surface area (Å²) in [5, 5.41) is 0. The molecule has 1 unspecified atom stereocenters. The topological polar surface area (TPSA) is 29.3 Å². The van der Waals surface area contributed by atoms with Crippen molar-refractivity contribution in [1.29, 1.82) is 0 Å². The Balaban J connectivity index is 2.52. The molecule has 1 aliphatic carbocycles. The zero-order valence-electron chi connectivity index (χ0n) is 10.2. The third kappa shape index (κ3) is 3.25. The molecule has 2 N–H and O–H groups in total. The third-order valence-corrected chi connectivity index (χ3v) is 3.27. The normalized spacial score (nSPS) is 19.7. The van der Waals surface area contributed by atoms with Gasteiger partial charge in [0.1, 0.15) is 0 Å². The van der Waals surface area contributed by atoms with E-state index in [-0.39, 0.29) is 0 Å². The largest absolute Gasteiger partial charge is 0.329 e. The van der Waals surface area contributed by atoms with Crippen LogP contribution in [0, 0.1) is 11.8 Å². The molecule has 1 atom stereocenters. The van der Waals surface area contributed by atoms with Crippen LogP contribution in [0.3, 0.4) is 0 Å². The maximum atomic E-state index is 5.87. The lowest BCUT2D eigenvalue weighted by Gasteiger charge is -2.37. The Hall–Kier alpha value is -0.0800. The predicted octanol–water partition coefficient (Wildman–Crippen LogP) is 2.09. The average Bonchev–Trinajstić information content (AvgIpc) is 2.86. The minimum absolute atomic E-state index is 0.565. The second kappa shape index (κ2) is 5.13. The number of nitrogens with zero attached hydrogens (tertiary/aromatic N) is 1. The summed E-state index contributed by atoms with van der Waals surface area (Å²) in [7, 11) is 0. The molecule has 0 aromatic rings. The molecule has 84 valence electrons. The van der Waals surface area contributed by atoms with Crippen molar-refractivity contribution in [3.8, 4) is 0 Å². The van der Waals surface area contributed by atoms with Crippen LogP contribution in [0.4, 0.5) is 0 Å². The van der Waals surface area contributed by atoms with Crippen LogP contribution in [0.15, 0.2) is 0 Å². The molecular formula is C12H26N2. The van der Waals surface area contributed by atoms with Crippen LogP contribution in [0.1, 0.15) is 40.5 Å². The molecule has 2 heteroatoms. The van der Waals surface area contributed by atoms with Gasteiger partial charge in [0.15, 0.2) is 0 Å². The van der Waals surface area contributed by atoms with Crippen molar-refractivity contribution in [2.45, 2.75) is 52.6 Å². The summed E-state index contributed by atoms with van der Waals surface area (Å²) >= 11 is 0. The highest BCUT2D eigenvalue weighted by Gasteiger charge is 2.30. The molecule has 0 radical (unpaired) electrons. The van der Waals surface area contributed by atoms with Gasteiger partial charge in [-0.2, -0.15) is 0 Å². The predicted molar refractivity (Wildman–Crippen MR) is 62.2 cm³/mol. The van der Waals surface area contributed by atoms with Gasteiger partial charge in [0, 0.05) is 25.2 Å². The molecule has 0 saturated heterocycles. The third-order valence-electron chi connectivity index (χ3n) is 3.27. The first kappa shape index (κ1) is 12.0. The molecule has 1 aliphatic rings. The van der Waals surface area contributed by atoms with E-state index in [2.05, 4.69) is 32.6 Å².